The second kappa shape index (κ2) is 16.4. The molecule has 220 valence electrons. The van der Waals surface area contributed by atoms with E-state index < -0.39 is 12.5 Å². The number of anilines is 1. The van der Waals surface area contributed by atoms with Crippen molar-refractivity contribution in [1.82, 2.24) is 24.5 Å². The Morgan fingerprint density at radius 2 is 1.76 bits per heavy atom. The molecule has 0 bridgehead atoms. The van der Waals surface area contributed by atoms with Crippen molar-refractivity contribution in [3.8, 4) is 6.07 Å². The lowest BCUT2D eigenvalue weighted by Gasteiger charge is -2.16. The number of aliphatic carboxylic acids is 1. The van der Waals surface area contributed by atoms with Gasteiger partial charge in [-0.1, -0.05) is 49.2 Å². The van der Waals surface area contributed by atoms with Gasteiger partial charge in [-0.2, -0.15) is 5.26 Å². The number of hydrogen-bond donors (Lipinski definition) is 2. The van der Waals surface area contributed by atoms with Crippen molar-refractivity contribution in [2.45, 2.75) is 73.8 Å². The van der Waals surface area contributed by atoms with Crippen LogP contribution < -0.4 is 10.9 Å². The van der Waals surface area contributed by atoms with E-state index in [2.05, 4.69) is 36.2 Å². The zero-order valence-corrected chi connectivity index (χ0v) is 25.1. The second-order valence-electron chi connectivity index (χ2n) is 9.52. The molecule has 0 atom stereocenters. The highest BCUT2D eigenvalue weighted by molar-refractivity contribution is 7.98. The highest BCUT2D eigenvalue weighted by atomic mass is 32.2. The van der Waals surface area contributed by atoms with Crippen molar-refractivity contribution in [3.05, 3.63) is 51.4 Å². The Morgan fingerprint density at radius 3 is 2.31 bits per heavy atom. The Morgan fingerprint density at radius 1 is 1.14 bits per heavy atom. The van der Waals surface area contributed by atoms with Gasteiger partial charge in [-0.3, -0.25) is 14.2 Å². The SMILES string of the molecule is CSc1ncc(C=O)c(NC2CCCC2)n1.CSc1ncc2c(C#N)cc(=O)n(C3CCCC3)c2n1.[C-]#[N+]CC(=O)O. The lowest BCUT2D eigenvalue weighted by atomic mass is 10.1. The maximum absolute atomic E-state index is 12.3. The van der Waals surface area contributed by atoms with Crippen LogP contribution in [0.3, 0.4) is 0 Å². The van der Waals surface area contributed by atoms with Gasteiger partial charge in [-0.25, -0.2) is 31.3 Å². The smallest absolute Gasteiger partial charge is 0.384 e. The number of fused-ring (bicyclic) bond motifs is 1. The molecule has 0 unspecified atom stereocenters. The zero-order chi connectivity index (χ0) is 30.5. The quantitative estimate of drug-likeness (QED) is 0.162. The zero-order valence-electron chi connectivity index (χ0n) is 23.4. The first kappa shape index (κ1) is 32.5. The topological polar surface area (TPSA) is 168 Å². The molecule has 2 aliphatic carbocycles. The Balaban J connectivity index is 0.000000197. The number of thioether (sulfide) groups is 2. The van der Waals surface area contributed by atoms with Crippen LogP contribution in [-0.4, -0.2) is 67.0 Å². The fourth-order valence-electron chi connectivity index (χ4n) is 4.82. The van der Waals surface area contributed by atoms with Crippen LogP contribution in [-0.2, 0) is 4.79 Å². The lowest BCUT2D eigenvalue weighted by molar-refractivity contribution is -0.134. The number of nitriles is 1. The molecule has 0 amide bonds. The molecule has 3 heterocycles. The molecule has 42 heavy (non-hydrogen) atoms. The molecule has 0 aliphatic heterocycles. The number of carbonyl (C=O) groups excluding carboxylic acids is 1. The van der Waals surface area contributed by atoms with Crippen LogP contribution in [0.15, 0.2) is 33.6 Å². The van der Waals surface area contributed by atoms with E-state index in [-0.39, 0.29) is 11.6 Å². The van der Waals surface area contributed by atoms with Crippen LogP contribution in [0.5, 0.6) is 0 Å². The molecule has 2 aliphatic rings. The Hall–Kier alpha value is -4.01. The van der Waals surface area contributed by atoms with Crippen molar-refractivity contribution >= 4 is 52.6 Å². The fraction of sp³-hybridized carbons (Fsp3) is 0.464. The van der Waals surface area contributed by atoms with Crippen LogP contribution in [0.1, 0.15) is 73.3 Å². The van der Waals surface area contributed by atoms with E-state index in [4.69, 9.17) is 11.7 Å². The van der Waals surface area contributed by atoms with Crippen LogP contribution in [0, 0.1) is 17.9 Å². The van der Waals surface area contributed by atoms with E-state index in [0.29, 0.717) is 44.3 Å². The van der Waals surface area contributed by atoms with E-state index in [0.717, 1.165) is 44.8 Å². The Bertz CT molecular complexity index is 1540. The van der Waals surface area contributed by atoms with Crippen molar-refractivity contribution in [1.29, 1.82) is 5.26 Å². The van der Waals surface area contributed by atoms with E-state index in [1.807, 2.05) is 12.5 Å². The van der Waals surface area contributed by atoms with Crippen LogP contribution in [0.25, 0.3) is 15.9 Å². The van der Waals surface area contributed by atoms with Gasteiger partial charge in [-0.15, -0.1) is 0 Å². The first-order valence-corrected chi connectivity index (χ1v) is 15.8. The number of carboxylic acid groups (broad SMARTS) is 1. The molecule has 2 fully saturated rings. The largest absolute Gasteiger partial charge is 0.476 e. The van der Waals surface area contributed by atoms with Crippen LogP contribution in [0.4, 0.5) is 5.82 Å². The maximum atomic E-state index is 12.3. The van der Waals surface area contributed by atoms with Crippen molar-refractivity contribution in [2.75, 3.05) is 24.4 Å². The van der Waals surface area contributed by atoms with E-state index in [1.54, 1.807) is 17.0 Å². The van der Waals surface area contributed by atoms with Gasteiger partial charge < -0.3 is 15.3 Å². The van der Waals surface area contributed by atoms with Crippen molar-refractivity contribution in [3.63, 3.8) is 0 Å². The molecular formula is C28H32N8O4S2. The summed E-state index contributed by atoms with van der Waals surface area (Å²) in [6, 6.07) is 4.13. The summed E-state index contributed by atoms with van der Waals surface area (Å²) in [6.45, 7) is 5.56. The molecular weight excluding hydrogens is 576 g/mol. The molecule has 5 rings (SSSR count). The Kier molecular flexibility index (Phi) is 12.7. The summed E-state index contributed by atoms with van der Waals surface area (Å²) in [7, 11) is 0. The van der Waals surface area contributed by atoms with Crippen LogP contribution >= 0.6 is 23.5 Å². The standard InChI is InChI=1S/C14H14N4OS.C11H15N3OS.C3H3NO2/c1-20-14-16-8-11-9(7-15)6-12(19)18(13(11)17-14)10-4-2-3-5-10;1-16-11-12-6-8(7-15)10(14-11)13-9-4-2-3-5-9;1-4-2-3(5)6/h6,8,10H,2-5H2,1H3;6-7,9H,2-5H2,1H3,(H,12,13,14);2H2,(H,5,6). The molecule has 2 saturated carbocycles. The predicted octanol–water partition coefficient (Wildman–Crippen LogP) is 4.86. The number of rotatable bonds is 7. The lowest BCUT2D eigenvalue weighted by Crippen LogP contribution is -2.24. The summed E-state index contributed by atoms with van der Waals surface area (Å²) in [5, 5.41) is 22.2. The highest BCUT2D eigenvalue weighted by Gasteiger charge is 2.22. The van der Waals surface area contributed by atoms with E-state index >= 15 is 0 Å². The molecule has 12 nitrogen and oxygen atoms in total. The van der Waals surface area contributed by atoms with Crippen molar-refractivity contribution in [2.24, 2.45) is 0 Å². The van der Waals surface area contributed by atoms with E-state index in [1.165, 1.54) is 42.4 Å². The summed E-state index contributed by atoms with van der Waals surface area (Å²) < 4.78 is 1.75. The molecule has 2 N–H and O–H groups in total. The van der Waals surface area contributed by atoms with Gasteiger partial charge in [-0.05, 0) is 38.2 Å². The summed E-state index contributed by atoms with van der Waals surface area (Å²) in [4.78, 5) is 52.3. The first-order chi connectivity index (χ1) is 20.3. The average Bonchev–Trinajstić information content (AvgIpc) is 3.72. The summed E-state index contributed by atoms with van der Waals surface area (Å²) in [5.74, 6) is -0.383. The number of aldehydes is 1. The van der Waals surface area contributed by atoms with Gasteiger partial charge >= 0.3 is 12.5 Å². The maximum Gasteiger partial charge on any atom is 0.384 e. The Labute approximate surface area is 252 Å². The summed E-state index contributed by atoms with van der Waals surface area (Å²) >= 11 is 2.92. The molecule has 0 spiro atoms. The second-order valence-corrected chi connectivity index (χ2v) is 11.1. The normalized spacial score (nSPS) is 14.6. The minimum Gasteiger partial charge on any atom is -0.476 e. The van der Waals surface area contributed by atoms with Crippen molar-refractivity contribution < 1.29 is 14.7 Å². The number of carboxylic acids is 1. The number of nitrogens with one attached hydrogen (secondary N) is 1. The monoisotopic (exact) mass is 608 g/mol. The number of aromatic nitrogens is 5. The van der Waals surface area contributed by atoms with Gasteiger partial charge in [0.25, 0.3) is 5.56 Å². The predicted molar refractivity (Wildman–Crippen MR) is 162 cm³/mol. The highest BCUT2D eigenvalue weighted by Crippen LogP contribution is 2.31. The van der Waals surface area contributed by atoms with Gasteiger partial charge in [0.05, 0.1) is 16.5 Å². The number of nitrogens with zero attached hydrogens (tertiary/aromatic N) is 7. The minimum absolute atomic E-state index is 0.133. The summed E-state index contributed by atoms with van der Waals surface area (Å²) in [6.07, 6.45) is 17.0. The van der Waals surface area contributed by atoms with Gasteiger partial charge in [0, 0.05) is 30.5 Å². The van der Waals surface area contributed by atoms with Crippen LogP contribution in [0.2, 0.25) is 0 Å². The third kappa shape index (κ3) is 8.74. The number of carbonyl (C=O) groups is 2. The fourth-order valence-corrected chi connectivity index (χ4v) is 5.50. The molecule has 3 aromatic rings. The van der Waals surface area contributed by atoms with Gasteiger partial charge in [0.1, 0.15) is 17.5 Å². The molecule has 3 aromatic heterocycles. The molecule has 14 heteroatoms. The summed E-state index contributed by atoms with van der Waals surface area (Å²) in [5.41, 5.74) is 1.36. The molecule has 0 saturated heterocycles. The average molecular weight is 609 g/mol. The first-order valence-electron chi connectivity index (χ1n) is 13.4. The molecule has 0 radical (unpaired) electrons. The minimum atomic E-state index is -1.06. The molecule has 0 aromatic carbocycles. The van der Waals surface area contributed by atoms with E-state index in [9.17, 15) is 19.6 Å². The third-order valence-corrected chi connectivity index (χ3v) is 7.90. The number of hydrogen-bond acceptors (Lipinski definition) is 11. The third-order valence-electron chi connectivity index (χ3n) is 6.78. The number of pyridine rings is 1. The van der Waals surface area contributed by atoms with Gasteiger partial charge in [0.15, 0.2) is 16.6 Å². The van der Waals surface area contributed by atoms with Gasteiger partial charge in [0.2, 0.25) is 0 Å².